The summed E-state index contributed by atoms with van der Waals surface area (Å²) in [4.78, 5) is 24.8. The molecule has 0 radical (unpaired) electrons. The van der Waals surface area contributed by atoms with Crippen molar-refractivity contribution in [1.82, 2.24) is 4.90 Å². The van der Waals surface area contributed by atoms with Crippen molar-refractivity contribution in [3.05, 3.63) is 21.9 Å². The zero-order valence-electron chi connectivity index (χ0n) is 7.27. The fraction of sp³-hybridized carbons (Fsp3) is 0.333. The highest BCUT2D eigenvalue weighted by Crippen LogP contribution is 2.35. The van der Waals surface area contributed by atoms with E-state index in [9.17, 15) is 9.59 Å². The van der Waals surface area contributed by atoms with Crippen LogP contribution in [0.1, 0.15) is 27.1 Å². The molecular formula is C9H8N2O2S. The number of nitrogens with zero attached hydrogens (tertiary/aromatic N) is 1. The van der Waals surface area contributed by atoms with E-state index in [1.165, 1.54) is 16.2 Å². The van der Waals surface area contributed by atoms with Crippen LogP contribution in [0.3, 0.4) is 0 Å². The monoisotopic (exact) mass is 208 g/mol. The smallest absolute Gasteiger partial charge is 0.262 e. The van der Waals surface area contributed by atoms with Gasteiger partial charge in [-0.15, -0.1) is 0 Å². The topological polar surface area (TPSA) is 63.4 Å². The zero-order chi connectivity index (χ0) is 9.87. The number of fused-ring (bicyclic) bond motifs is 1. The Hall–Kier alpha value is -1.20. The number of thiophene rings is 1. The van der Waals surface area contributed by atoms with Crippen molar-refractivity contribution in [1.29, 1.82) is 0 Å². The molecule has 14 heavy (non-hydrogen) atoms. The van der Waals surface area contributed by atoms with Gasteiger partial charge in [0.15, 0.2) is 0 Å². The van der Waals surface area contributed by atoms with Gasteiger partial charge in [-0.05, 0) is 6.42 Å². The molecule has 1 fully saturated rings. The zero-order valence-corrected chi connectivity index (χ0v) is 8.08. The minimum absolute atomic E-state index is 0.0180. The highest BCUT2D eigenvalue weighted by Gasteiger charge is 2.49. The van der Waals surface area contributed by atoms with Crippen molar-refractivity contribution in [3.63, 3.8) is 0 Å². The lowest BCUT2D eigenvalue weighted by atomic mass is 10.2. The van der Waals surface area contributed by atoms with Crippen molar-refractivity contribution in [3.8, 4) is 0 Å². The van der Waals surface area contributed by atoms with E-state index in [1.807, 2.05) is 0 Å². The first-order valence-corrected chi connectivity index (χ1v) is 5.34. The Labute approximate surface area is 84.3 Å². The van der Waals surface area contributed by atoms with Crippen LogP contribution in [0.5, 0.6) is 0 Å². The molecule has 72 valence electrons. The maximum Gasteiger partial charge on any atom is 0.262 e. The second kappa shape index (κ2) is 2.43. The van der Waals surface area contributed by atoms with Gasteiger partial charge in [0, 0.05) is 16.8 Å². The Kier molecular flexibility index (Phi) is 1.41. The SMILES string of the molecule is NC1CC1N1C(=O)c2cscc2C1=O. The largest absolute Gasteiger partial charge is 0.326 e. The van der Waals surface area contributed by atoms with E-state index in [4.69, 9.17) is 5.73 Å². The van der Waals surface area contributed by atoms with E-state index in [2.05, 4.69) is 0 Å². The van der Waals surface area contributed by atoms with Crippen LogP contribution in [0.4, 0.5) is 0 Å². The molecule has 1 aliphatic heterocycles. The van der Waals surface area contributed by atoms with Gasteiger partial charge in [0.05, 0.1) is 17.2 Å². The lowest BCUT2D eigenvalue weighted by molar-refractivity contribution is 0.0639. The third-order valence-corrected chi connectivity index (χ3v) is 3.44. The molecule has 3 rings (SSSR count). The third-order valence-electron chi connectivity index (χ3n) is 2.70. The van der Waals surface area contributed by atoms with Gasteiger partial charge in [-0.1, -0.05) is 0 Å². The molecule has 4 nitrogen and oxygen atoms in total. The molecule has 2 N–H and O–H groups in total. The van der Waals surface area contributed by atoms with E-state index in [0.717, 1.165) is 6.42 Å². The first-order chi connectivity index (χ1) is 6.70. The van der Waals surface area contributed by atoms with Gasteiger partial charge >= 0.3 is 0 Å². The lowest BCUT2D eigenvalue weighted by Gasteiger charge is -2.12. The molecule has 0 aromatic carbocycles. The Morgan fingerprint density at radius 2 is 1.79 bits per heavy atom. The number of hydrogen-bond acceptors (Lipinski definition) is 4. The van der Waals surface area contributed by atoms with Gasteiger partial charge in [0.25, 0.3) is 11.8 Å². The van der Waals surface area contributed by atoms with Gasteiger partial charge in [-0.2, -0.15) is 11.3 Å². The van der Waals surface area contributed by atoms with Gasteiger partial charge in [-0.3, -0.25) is 14.5 Å². The molecule has 2 amide bonds. The number of hydrogen-bond donors (Lipinski definition) is 1. The van der Waals surface area contributed by atoms with Crippen LogP contribution in [0.15, 0.2) is 10.8 Å². The number of nitrogens with two attached hydrogens (primary N) is 1. The molecule has 0 bridgehead atoms. The van der Waals surface area contributed by atoms with Crippen molar-refractivity contribution in [2.24, 2.45) is 5.73 Å². The number of amides is 2. The first-order valence-electron chi connectivity index (χ1n) is 4.40. The van der Waals surface area contributed by atoms with Crippen LogP contribution in [0.2, 0.25) is 0 Å². The summed E-state index contributed by atoms with van der Waals surface area (Å²) in [5, 5.41) is 3.45. The van der Waals surface area contributed by atoms with Crippen LogP contribution in [-0.4, -0.2) is 28.8 Å². The van der Waals surface area contributed by atoms with Crippen molar-refractivity contribution in [2.75, 3.05) is 0 Å². The molecular weight excluding hydrogens is 200 g/mol. The predicted octanol–water partition coefficient (Wildman–Crippen LogP) is 0.444. The molecule has 2 aliphatic rings. The highest BCUT2D eigenvalue weighted by molar-refractivity contribution is 7.08. The Morgan fingerprint density at radius 1 is 1.29 bits per heavy atom. The average Bonchev–Trinajstić information content (AvgIpc) is 2.67. The molecule has 2 heterocycles. The molecule has 0 spiro atoms. The van der Waals surface area contributed by atoms with E-state index in [1.54, 1.807) is 10.8 Å². The molecule has 2 unspecified atom stereocenters. The number of carbonyl (C=O) groups is 2. The normalized spacial score (nSPS) is 29.6. The fourth-order valence-electron chi connectivity index (χ4n) is 1.78. The summed E-state index contributed by atoms with van der Waals surface area (Å²) in [6.07, 6.45) is 0.741. The maximum absolute atomic E-state index is 11.8. The molecule has 1 aromatic heterocycles. The Balaban J connectivity index is 2.02. The summed E-state index contributed by atoms with van der Waals surface area (Å²) < 4.78 is 0. The molecule has 5 heteroatoms. The molecule has 1 aliphatic carbocycles. The van der Waals surface area contributed by atoms with Gasteiger partial charge in [0.2, 0.25) is 0 Å². The van der Waals surface area contributed by atoms with Gasteiger partial charge in [-0.25, -0.2) is 0 Å². The highest BCUT2D eigenvalue weighted by atomic mass is 32.1. The van der Waals surface area contributed by atoms with Crippen LogP contribution >= 0.6 is 11.3 Å². The number of imide groups is 1. The fourth-order valence-corrected chi connectivity index (χ4v) is 2.57. The van der Waals surface area contributed by atoms with Gasteiger partial charge < -0.3 is 5.73 Å². The van der Waals surface area contributed by atoms with Crippen molar-refractivity contribution >= 4 is 23.2 Å². The minimum Gasteiger partial charge on any atom is -0.326 e. The van der Waals surface area contributed by atoms with Crippen LogP contribution in [0.25, 0.3) is 0 Å². The molecule has 1 saturated carbocycles. The van der Waals surface area contributed by atoms with Crippen LogP contribution in [-0.2, 0) is 0 Å². The molecule has 1 aromatic rings. The first kappa shape index (κ1) is 8.14. The maximum atomic E-state index is 11.8. The van der Waals surface area contributed by atoms with Gasteiger partial charge in [0.1, 0.15) is 0 Å². The summed E-state index contributed by atoms with van der Waals surface area (Å²) in [6.45, 7) is 0. The predicted molar refractivity (Wildman–Crippen MR) is 51.2 cm³/mol. The third kappa shape index (κ3) is 0.856. The summed E-state index contributed by atoms with van der Waals surface area (Å²) >= 11 is 1.38. The lowest BCUT2D eigenvalue weighted by Crippen LogP contribution is -2.35. The van der Waals surface area contributed by atoms with Crippen LogP contribution < -0.4 is 5.73 Å². The summed E-state index contributed by atoms with van der Waals surface area (Å²) in [5.41, 5.74) is 6.71. The summed E-state index contributed by atoms with van der Waals surface area (Å²) in [5.74, 6) is -0.353. The van der Waals surface area contributed by atoms with Crippen LogP contribution in [0, 0.1) is 0 Å². The van der Waals surface area contributed by atoms with Crippen molar-refractivity contribution in [2.45, 2.75) is 18.5 Å². The molecule has 2 atom stereocenters. The average molecular weight is 208 g/mol. The minimum atomic E-state index is -0.177. The standard InChI is InChI=1S/C9H8N2O2S/c10-6-1-7(6)11-8(12)4-2-14-3-5(4)9(11)13/h2-3,6-7H,1,10H2. The second-order valence-corrected chi connectivity index (χ2v) is 4.39. The molecule has 0 saturated heterocycles. The van der Waals surface area contributed by atoms with E-state index >= 15 is 0 Å². The number of carbonyl (C=O) groups excluding carboxylic acids is 2. The Morgan fingerprint density at radius 3 is 2.21 bits per heavy atom. The van der Waals surface area contributed by atoms with E-state index < -0.39 is 0 Å². The van der Waals surface area contributed by atoms with E-state index in [-0.39, 0.29) is 23.9 Å². The number of rotatable bonds is 1. The second-order valence-electron chi connectivity index (χ2n) is 3.65. The quantitative estimate of drug-likeness (QED) is 0.681. The van der Waals surface area contributed by atoms with E-state index in [0.29, 0.717) is 11.1 Å². The summed E-state index contributed by atoms with van der Waals surface area (Å²) in [7, 11) is 0. The summed E-state index contributed by atoms with van der Waals surface area (Å²) in [6, 6.07) is -0.0806. The Bertz CT molecular complexity index is 409. The van der Waals surface area contributed by atoms with Crippen molar-refractivity contribution < 1.29 is 9.59 Å².